The monoisotopic (exact) mass is 700 g/mol. The van der Waals surface area contributed by atoms with E-state index in [4.69, 9.17) is 28.4 Å². The lowest BCUT2D eigenvalue weighted by Crippen LogP contribution is -2.31. The number of ether oxygens (including phenoxy) is 6. The zero-order valence-electron chi connectivity index (χ0n) is 28.4. The average molecular weight is 701 g/mol. The van der Waals surface area contributed by atoms with Crippen molar-refractivity contribution in [1.29, 1.82) is 0 Å². The third-order valence-corrected chi connectivity index (χ3v) is 7.57. The van der Waals surface area contributed by atoms with Crippen LogP contribution in [0, 0.1) is 0 Å². The van der Waals surface area contributed by atoms with E-state index < -0.39 is 24.1 Å². The van der Waals surface area contributed by atoms with E-state index in [9.17, 15) is 30.0 Å². The molecule has 0 amide bonds. The first kappa shape index (κ1) is 37.7. The van der Waals surface area contributed by atoms with Crippen molar-refractivity contribution in [2.24, 2.45) is 0 Å². The average Bonchev–Trinajstić information content (AvgIpc) is 3.14. The van der Waals surface area contributed by atoms with Gasteiger partial charge in [0.25, 0.3) is 0 Å². The number of aliphatic hydroxyl groups excluding tert-OH is 1. The summed E-state index contributed by atoms with van der Waals surface area (Å²) in [6.07, 6.45) is 4.23. The van der Waals surface area contributed by atoms with Crippen molar-refractivity contribution in [2.75, 3.05) is 34.5 Å². The molecule has 268 valence electrons. The van der Waals surface area contributed by atoms with Gasteiger partial charge in [0.15, 0.2) is 40.6 Å². The van der Waals surface area contributed by atoms with E-state index in [-0.39, 0.29) is 42.0 Å². The number of hydrogen-bond acceptors (Lipinski definition) is 12. The Bertz CT molecular complexity index is 1830. The number of benzene rings is 4. The Kier molecular flexibility index (Phi) is 13.7. The zero-order chi connectivity index (χ0) is 36.8. The maximum absolute atomic E-state index is 12.6. The molecule has 12 heteroatoms. The predicted molar refractivity (Wildman–Crippen MR) is 188 cm³/mol. The molecule has 0 radical (unpaired) electrons. The van der Waals surface area contributed by atoms with Gasteiger partial charge in [-0.05, 0) is 95.8 Å². The van der Waals surface area contributed by atoms with Gasteiger partial charge in [-0.25, -0.2) is 9.59 Å². The maximum Gasteiger partial charge on any atom is 0.330 e. The summed E-state index contributed by atoms with van der Waals surface area (Å²) in [5.41, 5.74) is 2.54. The molecular formula is C39H40O12. The molecule has 0 saturated carbocycles. The number of hydrogen-bond donors (Lipinski definition) is 4. The van der Waals surface area contributed by atoms with Gasteiger partial charge < -0.3 is 48.8 Å². The molecule has 0 saturated heterocycles. The summed E-state index contributed by atoms with van der Waals surface area (Å²) < 4.78 is 32.8. The van der Waals surface area contributed by atoms with Crippen molar-refractivity contribution in [3.05, 3.63) is 113 Å². The van der Waals surface area contributed by atoms with E-state index in [1.165, 1.54) is 76.0 Å². The highest BCUT2D eigenvalue weighted by Gasteiger charge is 2.27. The molecule has 0 aliphatic heterocycles. The van der Waals surface area contributed by atoms with Crippen molar-refractivity contribution < 1.29 is 58.4 Å². The van der Waals surface area contributed by atoms with Gasteiger partial charge in [-0.15, -0.1) is 0 Å². The molecule has 0 bridgehead atoms. The third kappa shape index (κ3) is 11.2. The molecule has 4 N–H and O–H groups in total. The molecule has 4 rings (SSSR count). The maximum atomic E-state index is 12.6. The minimum absolute atomic E-state index is 0.00146. The predicted octanol–water partition coefficient (Wildman–Crippen LogP) is 5.76. The van der Waals surface area contributed by atoms with Crippen LogP contribution in [0.4, 0.5) is 0 Å². The number of aryl methyl sites for hydroxylation is 1. The van der Waals surface area contributed by atoms with E-state index in [1.54, 1.807) is 48.5 Å². The van der Waals surface area contributed by atoms with Gasteiger partial charge in [-0.2, -0.15) is 0 Å². The number of carbonyl (C=O) groups is 2. The number of aromatic hydroxyl groups is 3. The largest absolute Gasteiger partial charge is 0.508 e. The summed E-state index contributed by atoms with van der Waals surface area (Å²) in [6, 6.07) is 20.5. The second-order valence-electron chi connectivity index (χ2n) is 11.1. The molecule has 0 unspecified atom stereocenters. The number of esters is 2. The van der Waals surface area contributed by atoms with Gasteiger partial charge in [0.1, 0.15) is 18.5 Å². The Labute approximate surface area is 295 Å². The van der Waals surface area contributed by atoms with Crippen molar-refractivity contribution in [1.82, 2.24) is 0 Å². The van der Waals surface area contributed by atoms with Gasteiger partial charge >= 0.3 is 11.9 Å². The Hall–Kier alpha value is -6.14. The lowest BCUT2D eigenvalue weighted by Gasteiger charge is -2.25. The molecule has 4 aromatic carbocycles. The summed E-state index contributed by atoms with van der Waals surface area (Å²) in [6.45, 7) is -0.187. The molecule has 0 aliphatic carbocycles. The fraction of sp³-hybridized carbons (Fsp3) is 0.231. The quantitative estimate of drug-likeness (QED) is 0.0598. The molecule has 0 heterocycles. The summed E-state index contributed by atoms with van der Waals surface area (Å²) in [5, 5.41) is 40.6. The van der Waals surface area contributed by atoms with E-state index in [0.717, 1.165) is 5.56 Å². The number of rotatable bonds is 17. The third-order valence-electron chi connectivity index (χ3n) is 7.57. The fourth-order valence-corrected chi connectivity index (χ4v) is 4.83. The van der Waals surface area contributed by atoms with Crippen molar-refractivity contribution in [3.63, 3.8) is 0 Å². The highest BCUT2D eigenvalue weighted by atomic mass is 16.6. The first-order valence-corrected chi connectivity index (χ1v) is 15.8. The molecule has 2 atom stereocenters. The first-order valence-electron chi connectivity index (χ1n) is 15.8. The van der Waals surface area contributed by atoms with E-state index in [1.807, 2.05) is 0 Å². The minimum Gasteiger partial charge on any atom is -0.508 e. The molecule has 0 aliphatic rings. The van der Waals surface area contributed by atoms with Crippen LogP contribution in [-0.4, -0.2) is 73.0 Å². The summed E-state index contributed by atoms with van der Waals surface area (Å²) in [7, 11) is 4.29. The minimum atomic E-state index is -1.32. The summed E-state index contributed by atoms with van der Waals surface area (Å²) in [4.78, 5) is 24.8. The van der Waals surface area contributed by atoms with Gasteiger partial charge in [-0.3, -0.25) is 0 Å². The zero-order valence-corrected chi connectivity index (χ0v) is 28.4. The molecule has 4 aromatic rings. The molecule has 12 nitrogen and oxygen atoms in total. The number of aliphatic hydroxyl groups is 1. The molecule has 0 fully saturated rings. The van der Waals surface area contributed by atoms with Crippen molar-refractivity contribution in [2.45, 2.75) is 25.0 Å². The Morgan fingerprint density at radius 2 is 1.27 bits per heavy atom. The molecule has 0 spiro atoms. The highest BCUT2D eigenvalue weighted by Crippen LogP contribution is 2.34. The Balaban J connectivity index is 1.39. The second-order valence-corrected chi connectivity index (χ2v) is 11.1. The molecular weight excluding hydrogens is 660 g/mol. The van der Waals surface area contributed by atoms with Crippen LogP contribution in [-0.2, 0) is 25.5 Å². The topological polar surface area (TPSA) is 170 Å². The van der Waals surface area contributed by atoms with Crippen LogP contribution in [0.25, 0.3) is 12.2 Å². The fourth-order valence-electron chi connectivity index (χ4n) is 4.83. The van der Waals surface area contributed by atoms with Crippen LogP contribution < -0.4 is 18.9 Å². The summed E-state index contributed by atoms with van der Waals surface area (Å²) in [5.74, 6) is -0.166. The van der Waals surface area contributed by atoms with Crippen molar-refractivity contribution in [3.8, 4) is 40.2 Å². The van der Waals surface area contributed by atoms with Gasteiger partial charge in [0.2, 0.25) is 0 Å². The molecule has 51 heavy (non-hydrogen) atoms. The van der Waals surface area contributed by atoms with Crippen LogP contribution in [0.15, 0.2) is 91.0 Å². The van der Waals surface area contributed by atoms with Crippen LogP contribution in [0.1, 0.15) is 34.8 Å². The number of phenolic OH excluding ortho intramolecular Hbond substituents is 3. The van der Waals surface area contributed by atoms with Crippen LogP contribution in [0.2, 0.25) is 0 Å². The SMILES string of the molecule is COc1cc(/C=C/C(=O)OCCCc2ccc(O[C@@H](COC(=O)/C=C/c3ccc(O)cc3)[C@H](O)c3ccc(O)c(OC)c3)c(OC)c2)ccc1O. The van der Waals surface area contributed by atoms with Gasteiger partial charge in [0, 0.05) is 12.2 Å². The lowest BCUT2D eigenvalue weighted by atomic mass is 10.0. The van der Waals surface area contributed by atoms with E-state index in [2.05, 4.69) is 0 Å². The van der Waals surface area contributed by atoms with Gasteiger partial charge in [-0.1, -0.05) is 30.3 Å². The second kappa shape index (κ2) is 18.6. The van der Waals surface area contributed by atoms with Crippen LogP contribution in [0.5, 0.6) is 40.2 Å². The van der Waals surface area contributed by atoms with E-state index >= 15 is 0 Å². The van der Waals surface area contributed by atoms with Crippen LogP contribution >= 0.6 is 0 Å². The number of carbonyl (C=O) groups excluding carboxylic acids is 2. The smallest absolute Gasteiger partial charge is 0.330 e. The van der Waals surface area contributed by atoms with Gasteiger partial charge in [0.05, 0.1) is 27.9 Å². The number of phenols is 3. The number of methoxy groups -OCH3 is 3. The normalized spacial score (nSPS) is 12.3. The van der Waals surface area contributed by atoms with E-state index in [0.29, 0.717) is 41.0 Å². The molecule has 0 aromatic heterocycles. The Morgan fingerprint density at radius 1 is 0.667 bits per heavy atom. The van der Waals surface area contributed by atoms with Crippen LogP contribution in [0.3, 0.4) is 0 Å². The Morgan fingerprint density at radius 3 is 1.96 bits per heavy atom. The summed E-state index contributed by atoms with van der Waals surface area (Å²) >= 11 is 0. The first-order chi connectivity index (χ1) is 24.6. The lowest BCUT2D eigenvalue weighted by molar-refractivity contribution is -0.142. The highest BCUT2D eigenvalue weighted by molar-refractivity contribution is 5.87. The standard InChI is InChI=1S/C39H40O12/c1-46-33-21-27(8-15-30(33)41)11-19-37(43)49-20-4-5-26-9-17-32(35(22-26)48-3)51-36(39(45)28-12-16-31(42)34(23-28)47-2)24-50-38(44)18-10-25-6-13-29(40)14-7-25/h6-19,21-23,36,39-42,45H,4-5,20,24H2,1-3H3/b18-10+,19-11+/t36-,39+/m0/s1. The van der Waals surface area contributed by atoms with Crippen molar-refractivity contribution >= 4 is 24.1 Å².